The molecule has 5 nitrogen and oxygen atoms in total. The number of hydrogen-bond acceptors (Lipinski definition) is 3. The van der Waals surface area contributed by atoms with Crippen LogP contribution in [0, 0.1) is 0 Å². The fourth-order valence-electron chi connectivity index (χ4n) is 1.35. The third-order valence-electron chi connectivity index (χ3n) is 2.27. The molecule has 1 aromatic rings. The maximum Gasteiger partial charge on any atom is 0.267 e. The first-order valence-electron chi connectivity index (χ1n) is 5.71. The first-order chi connectivity index (χ1) is 8.15. The van der Waals surface area contributed by atoms with Crippen molar-refractivity contribution in [3.8, 4) is 0 Å². The van der Waals surface area contributed by atoms with Crippen LogP contribution in [0.5, 0.6) is 0 Å². The number of Topliss-reactive ketones (excluding diaryl/α,β-unsaturated/α-hetero) is 1. The van der Waals surface area contributed by atoms with Gasteiger partial charge in [0.1, 0.15) is 5.69 Å². The number of aromatic nitrogens is 1. The maximum atomic E-state index is 11.6. The van der Waals surface area contributed by atoms with Crippen LogP contribution in [-0.4, -0.2) is 36.4 Å². The van der Waals surface area contributed by atoms with Crippen LogP contribution in [0.3, 0.4) is 0 Å². The Morgan fingerprint density at radius 3 is 2.65 bits per heavy atom. The Labute approximate surface area is 101 Å². The zero-order valence-corrected chi connectivity index (χ0v) is 10.2. The summed E-state index contributed by atoms with van der Waals surface area (Å²) in [5, 5.41) is 2.75. The number of aromatic amines is 1. The molecule has 0 aliphatic rings. The Morgan fingerprint density at radius 1 is 1.35 bits per heavy atom. The average molecular weight is 238 g/mol. The van der Waals surface area contributed by atoms with E-state index < -0.39 is 0 Å². The lowest BCUT2D eigenvalue weighted by Gasteiger charge is -2.03. The van der Waals surface area contributed by atoms with Crippen LogP contribution >= 0.6 is 0 Å². The SMILES string of the molecule is CCOCCCNC(=O)c1ccc(C(C)=O)[nH]1. The Balaban J connectivity index is 2.34. The normalized spacial score (nSPS) is 10.2. The molecule has 0 unspecified atom stereocenters. The Morgan fingerprint density at radius 2 is 2.06 bits per heavy atom. The van der Waals surface area contributed by atoms with E-state index in [0.29, 0.717) is 31.1 Å². The Hall–Kier alpha value is -1.62. The lowest BCUT2D eigenvalue weighted by Crippen LogP contribution is -2.25. The molecule has 0 atom stereocenters. The molecular formula is C12H18N2O3. The predicted molar refractivity (Wildman–Crippen MR) is 64.2 cm³/mol. The van der Waals surface area contributed by atoms with Gasteiger partial charge in [0.15, 0.2) is 5.78 Å². The summed E-state index contributed by atoms with van der Waals surface area (Å²) >= 11 is 0. The number of nitrogens with one attached hydrogen (secondary N) is 2. The third kappa shape index (κ3) is 4.40. The smallest absolute Gasteiger partial charge is 0.267 e. The van der Waals surface area contributed by atoms with E-state index in [1.54, 1.807) is 12.1 Å². The summed E-state index contributed by atoms with van der Waals surface area (Å²) < 4.78 is 5.15. The number of ketones is 1. The van der Waals surface area contributed by atoms with Gasteiger partial charge in [0.25, 0.3) is 5.91 Å². The highest BCUT2D eigenvalue weighted by atomic mass is 16.5. The van der Waals surface area contributed by atoms with Crippen molar-refractivity contribution >= 4 is 11.7 Å². The van der Waals surface area contributed by atoms with Gasteiger partial charge in [0.2, 0.25) is 0 Å². The zero-order chi connectivity index (χ0) is 12.7. The van der Waals surface area contributed by atoms with Crippen molar-refractivity contribution in [3.05, 3.63) is 23.5 Å². The second kappa shape index (κ2) is 6.85. The van der Waals surface area contributed by atoms with Gasteiger partial charge in [-0.1, -0.05) is 0 Å². The van der Waals surface area contributed by atoms with Crippen LogP contribution in [-0.2, 0) is 4.74 Å². The quantitative estimate of drug-likeness (QED) is 0.556. The van der Waals surface area contributed by atoms with Crippen LogP contribution in [0.4, 0.5) is 0 Å². The number of rotatable bonds is 7. The van der Waals surface area contributed by atoms with Crippen molar-refractivity contribution in [2.75, 3.05) is 19.8 Å². The van der Waals surface area contributed by atoms with Crippen molar-refractivity contribution in [1.82, 2.24) is 10.3 Å². The molecule has 0 bridgehead atoms. The fraction of sp³-hybridized carbons (Fsp3) is 0.500. The lowest BCUT2D eigenvalue weighted by atomic mass is 10.3. The summed E-state index contributed by atoms with van der Waals surface area (Å²) in [6, 6.07) is 3.21. The molecule has 17 heavy (non-hydrogen) atoms. The van der Waals surface area contributed by atoms with E-state index in [1.165, 1.54) is 6.92 Å². The summed E-state index contributed by atoms with van der Waals surface area (Å²) in [5.74, 6) is -0.283. The second-order valence-corrected chi connectivity index (χ2v) is 3.65. The minimum absolute atomic E-state index is 0.0830. The van der Waals surface area contributed by atoms with E-state index in [4.69, 9.17) is 4.74 Å². The van der Waals surface area contributed by atoms with E-state index in [2.05, 4.69) is 10.3 Å². The Kier molecular flexibility index (Phi) is 5.42. The zero-order valence-electron chi connectivity index (χ0n) is 10.2. The van der Waals surface area contributed by atoms with E-state index in [-0.39, 0.29) is 11.7 Å². The summed E-state index contributed by atoms with van der Waals surface area (Å²) in [6.07, 6.45) is 0.778. The van der Waals surface area contributed by atoms with E-state index in [0.717, 1.165) is 6.42 Å². The minimum Gasteiger partial charge on any atom is -0.382 e. The number of carbonyl (C=O) groups excluding carboxylic acids is 2. The topological polar surface area (TPSA) is 71.2 Å². The third-order valence-corrected chi connectivity index (χ3v) is 2.27. The number of H-pyrrole nitrogens is 1. The van der Waals surface area contributed by atoms with Crippen LogP contribution in [0.25, 0.3) is 0 Å². The highest BCUT2D eigenvalue weighted by Gasteiger charge is 2.09. The monoisotopic (exact) mass is 238 g/mol. The molecule has 1 heterocycles. The molecular weight excluding hydrogens is 220 g/mol. The number of carbonyl (C=O) groups is 2. The molecule has 94 valence electrons. The standard InChI is InChI=1S/C12H18N2O3/c1-3-17-8-4-7-13-12(16)11-6-5-10(14-11)9(2)15/h5-6,14H,3-4,7-8H2,1-2H3,(H,13,16). The molecule has 0 radical (unpaired) electrons. The predicted octanol–water partition coefficient (Wildman–Crippen LogP) is 1.37. The molecule has 0 spiro atoms. The molecule has 0 aliphatic carbocycles. The Bertz CT molecular complexity index is 385. The number of ether oxygens (including phenoxy) is 1. The van der Waals surface area contributed by atoms with Crippen molar-refractivity contribution in [2.45, 2.75) is 20.3 Å². The summed E-state index contributed by atoms with van der Waals surface area (Å²) in [6.45, 7) is 5.27. The van der Waals surface area contributed by atoms with E-state index in [1.807, 2.05) is 6.92 Å². The van der Waals surface area contributed by atoms with Gasteiger partial charge in [-0.05, 0) is 25.5 Å². The fourth-order valence-corrected chi connectivity index (χ4v) is 1.35. The van der Waals surface area contributed by atoms with Crippen molar-refractivity contribution in [2.24, 2.45) is 0 Å². The summed E-state index contributed by atoms with van der Waals surface area (Å²) in [5.41, 5.74) is 0.857. The molecule has 0 aliphatic heterocycles. The van der Waals surface area contributed by atoms with Gasteiger partial charge in [0, 0.05) is 26.7 Å². The second-order valence-electron chi connectivity index (χ2n) is 3.65. The first-order valence-corrected chi connectivity index (χ1v) is 5.71. The average Bonchev–Trinajstić information content (AvgIpc) is 2.78. The molecule has 1 aromatic heterocycles. The van der Waals surface area contributed by atoms with Crippen LogP contribution in [0.2, 0.25) is 0 Å². The molecule has 1 rings (SSSR count). The van der Waals surface area contributed by atoms with Gasteiger partial charge >= 0.3 is 0 Å². The summed E-state index contributed by atoms with van der Waals surface area (Å²) in [4.78, 5) is 25.4. The molecule has 2 N–H and O–H groups in total. The minimum atomic E-state index is -0.200. The van der Waals surface area contributed by atoms with Crippen molar-refractivity contribution in [1.29, 1.82) is 0 Å². The maximum absolute atomic E-state index is 11.6. The van der Waals surface area contributed by atoms with Crippen LogP contribution in [0.1, 0.15) is 41.2 Å². The highest BCUT2D eigenvalue weighted by molar-refractivity contribution is 5.97. The molecule has 0 aromatic carbocycles. The van der Waals surface area contributed by atoms with Gasteiger partial charge in [-0.3, -0.25) is 9.59 Å². The van der Waals surface area contributed by atoms with E-state index >= 15 is 0 Å². The van der Waals surface area contributed by atoms with Gasteiger partial charge in [-0.25, -0.2) is 0 Å². The highest BCUT2D eigenvalue weighted by Crippen LogP contribution is 2.02. The van der Waals surface area contributed by atoms with Gasteiger partial charge in [0.05, 0.1) is 5.69 Å². The molecule has 5 heteroatoms. The largest absolute Gasteiger partial charge is 0.382 e. The van der Waals surface area contributed by atoms with Crippen molar-refractivity contribution < 1.29 is 14.3 Å². The number of hydrogen-bond donors (Lipinski definition) is 2. The first kappa shape index (κ1) is 13.4. The van der Waals surface area contributed by atoms with Crippen molar-refractivity contribution in [3.63, 3.8) is 0 Å². The lowest BCUT2D eigenvalue weighted by molar-refractivity contribution is 0.0940. The molecule has 0 fully saturated rings. The molecule has 1 amide bonds. The number of amides is 1. The van der Waals surface area contributed by atoms with Gasteiger partial charge in [-0.15, -0.1) is 0 Å². The van der Waals surface area contributed by atoms with E-state index in [9.17, 15) is 9.59 Å². The van der Waals surface area contributed by atoms with Crippen LogP contribution in [0.15, 0.2) is 12.1 Å². The van der Waals surface area contributed by atoms with Gasteiger partial charge in [-0.2, -0.15) is 0 Å². The molecule has 0 saturated carbocycles. The molecule has 0 saturated heterocycles. The summed E-state index contributed by atoms with van der Waals surface area (Å²) in [7, 11) is 0. The van der Waals surface area contributed by atoms with Gasteiger partial charge < -0.3 is 15.0 Å². The van der Waals surface area contributed by atoms with Crippen LogP contribution < -0.4 is 5.32 Å².